The van der Waals surface area contributed by atoms with E-state index in [0.717, 1.165) is 16.3 Å². The SMILES string of the molecule is CC(CN)N(C)C(=O)c1cccc2ccccc12. The molecule has 2 rings (SSSR count). The number of hydrogen-bond donors (Lipinski definition) is 1. The van der Waals surface area contributed by atoms with Gasteiger partial charge in [-0.3, -0.25) is 4.79 Å². The Labute approximate surface area is 107 Å². The van der Waals surface area contributed by atoms with E-state index in [1.54, 1.807) is 11.9 Å². The van der Waals surface area contributed by atoms with Crippen LogP contribution in [0.15, 0.2) is 42.5 Å². The fraction of sp³-hybridized carbons (Fsp3) is 0.267. The molecule has 0 bridgehead atoms. The molecule has 1 unspecified atom stereocenters. The molecule has 0 aliphatic heterocycles. The van der Waals surface area contributed by atoms with Crippen LogP contribution in [0, 0.1) is 0 Å². The van der Waals surface area contributed by atoms with Gasteiger partial charge in [0.1, 0.15) is 0 Å². The standard InChI is InChI=1S/C15H18N2O/c1-11(10-16)17(2)15(18)14-9-5-7-12-6-3-4-8-13(12)14/h3-9,11H,10,16H2,1-2H3. The van der Waals surface area contributed by atoms with E-state index in [9.17, 15) is 4.79 Å². The first-order valence-corrected chi connectivity index (χ1v) is 6.10. The van der Waals surface area contributed by atoms with Crippen LogP contribution < -0.4 is 5.73 Å². The zero-order chi connectivity index (χ0) is 13.1. The second-order valence-corrected chi connectivity index (χ2v) is 4.53. The maximum absolute atomic E-state index is 12.4. The molecule has 2 aromatic rings. The molecule has 0 saturated carbocycles. The molecule has 3 heteroatoms. The number of nitrogens with zero attached hydrogens (tertiary/aromatic N) is 1. The van der Waals surface area contributed by atoms with Gasteiger partial charge in [-0.15, -0.1) is 0 Å². The number of fused-ring (bicyclic) bond motifs is 1. The molecular weight excluding hydrogens is 224 g/mol. The highest BCUT2D eigenvalue weighted by Crippen LogP contribution is 2.20. The lowest BCUT2D eigenvalue weighted by Gasteiger charge is -2.24. The third-order valence-corrected chi connectivity index (χ3v) is 3.34. The Balaban J connectivity index is 2.45. The fourth-order valence-corrected chi connectivity index (χ4v) is 1.96. The van der Waals surface area contributed by atoms with Crippen LogP contribution in [-0.4, -0.2) is 30.4 Å². The van der Waals surface area contributed by atoms with Crippen molar-refractivity contribution in [1.82, 2.24) is 4.90 Å². The average molecular weight is 242 g/mol. The summed E-state index contributed by atoms with van der Waals surface area (Å²) >= 11 is 0. The zero-order valence-corrected chi connectivity index (χ0v) is 10.8. The molecule has 0 aliphatic carbocycles. The fourth-order valence-electron chi connectivity index (χ4n) is 1.96. The molecule has 94 valence electrons. The van der Waals surface area contributed by atoms with Crippen molar-refractivity contribution < 1.29 is 4.79 Å². The lowest BCUT2D eigenvalue weighted by molar-refractivity contribution is 0.0750. The monoisotopic (exact) mass is 242 g/mol. The van der Waals surface area contributed by atoms with Gasteiger partial charge in [-0.2, -0.15) is 0 Å². The number of amides is 1. The highest BCUT2D eigenvalue weighted by atomic mass is 16.2. The molecule has 0 heterocycles. The summed E-state index contributed by atoms with van der Waals surface area (Å²) in [5.74, 6) is 0.0183. The molecule has 0 saturated heterocycles. The molecule has 2 N–H and O–H groups in total. The van der Waals surface area contributed by atoms with Crippen molar-refractivity contribution in [1.29, 1.82) is 0 Å². The molecule has 18 heavy (non-hydrogen) atoms. The van der Waals surface area contributed by atoms with Crippen molar-refractivity contribution in [2.24, 2.45) is 5.73 Å². The number of hydrogen-bond acceptors (Lipinski definition) is 2. The number of nitrogens with two attached hydrogens (primary N) is 1. The van der Waals surface area contributed by atoms with Gasteiger partial charge in [0.2, 0.25) is 0 Å². The highest BCUT2D eigenvalue weighted by molar-refractivity contribution is 6.07. The number of carbonyl (C=O) groups is 1. The second kappa shape index (κ2) is 5.19. The van der Waals surface area contributed by atoms with E-state index in [1.165, 1.54) is 0 Å². The van der Waals surface area contributed by atoms with Gasteiger partial charge in [-0.25, -0.2) is 0 Å². The van der Waals surface area contributed by atoms with Gasteiger partial charge in [0, 0.05) is 25.2 Å². The first-order chi connectivity index (χ1) is 8.65. The van der Waals surface area contributed by atoms with Crippen LogP contribution in [0.5, 0.6) is 0 Å². The Kier molecular flexibility index (Phi) is 3.63. The zero-order valence-electron chi connectivity index (χ0n) is 10.8. The minimum absolute atomic E-state index is 0.0183. The Morgan fingerprint density at radius 3 is 2.61 bits per heavy atom. The number of benzene rings is 2. The van der Waals surface area contributed by atoms with Crippen LogP contribution in [-0.2, 0) is 0 Å². The third-order valence-electron chi connectivity index (χ3n) is 3.34. The summed E-state index contributed by atoms with van der Waals surface area (Å²) in [6.45, 7) is 2.41. The quantitative estimate of drug-likeness (QED) is 0.897. The molecule has 0 fully saturated rings. The van der Waals surface area contributed by atoms with Crippen molar-refractivity contribution in [3.05, 3.63) is 48.0 Å². The maximum Gasteiger partial charge on any atom is 0.254 e. The van der Waals surface area contributed by atoms with Crippen molar-refractivity contribution >= 4 is 16.7 Å². The first-order valence-electron chi connectivity index (χ1n) is 6.10. The van der Waals surface area contributed by atoms with Gasteiger partial charge in [0.05, 0.1) is 0 Å². The van der Waals surface area contributed by atoms with E-state index in [-0.39, 0.29) is 11.9 Å². The van der Waals surface area contributed by atoms with E-state index in [1.807, 2.05) is 49.4 Å². The molecular formula is C15H18N2O. The Hall–Kier alpha value is -1.87. The molecule has 0 radical (unpaired) electrons. The smallest absolute Gasteiger partial charge is 0.254 e. The van der Waals surface area contributed by atoms with Crippen LogP contribution in [0.25, 0.3) is 10.8 Å². The summed E-state index contributed by atoms with van der Waals surface area (Å²) in [4.78, 5) is 14.1. The van der Waals surface area contributed by atoms with Crippen LogP contribution in [0.1, 0.15) is 17.3 Å². The largest absolute Gasteiger partial charge is 0.338 e. The normalized spacial score (nSPS) is 12.4. The molecule has 2 aromatic carbocycles. The van der Waals surface area contributed by atoms with Crippen LogP contribution in [0.3, 0.4) is 0 Å². The Morgan fingerprint density at radius 2 is 1.89 bits per heavy atom. The molecule has 0 aromatic heterocycles. The highest BCUT2D eigenvalue weighted by Gasteiger charge is 2.17. The first kappa shape index (κ1) is 12.6. The van der Waals surface area contributed by atoms with Crippen LogP contribution in [0.2, 0.25) is 0 Å². The van der Waals surface area contributed by atoms with Gasteiger partial charge in [0.25, 0.3) is 5.91 Å². The maximum atomic E-state index is 12.4. The van der Waals surface area contributed by atoms with E-state index >= 15 is 0 Å². The predicted octanol–water partition coefficient (Wildman–Crippen LogP) is 2.26. The van der Waals surface area contributed by atoms with Gasteiger partial charge in [-0.05, 0) is 23.8 Å². The summed E-state index contributed by atoms with van der Waals surface area (Å²) in [6.07, 6.45) is 0. The molecule has 0 spiro atoms. The van der Waals surface area contributed by atoms with Gasteiger partial charge in [-0.1, -0.05) is 36.4 Å². The second-order valence-electron chi connectivity index (χ2n) is 4.53. The predicted molar refractivity (Wildman–Crippen MR) is 74.6 cm³/mol. The van der Waals surface area contributed by atoms with E-state index in [4.69, 9.17) is 5.73 Å². The van der Waals surface area contributed by atoms with E-state index in [0.29, 0.717) is 6.54 Å². The van der Waals surface area contributed by atoms with Crippen molar-refractivity contribution in [2.75, 3.05) is 13.6 Å². The summed E-state index contributed by atoms with van der Waals surface area (Å²) < 4.78 is 0. The molecule has 1 amide bonds. The van der Waals surface area contributed by atoms with Gasteiger partial charge in [0.15, 0.2) is 0 Å². The van der Waals surface area contributed by atoms with Crippen LogP contribution >= 0.6 is 0 Å². The number of likely N-dealkylation sites (N-methyl/N-ethyl adjacent to an activating group) is 1. The van der Waals surface area contributed by atoms with Crippen molar-refractivity contribution in [2.45, 2.75) is 13.0 Å². The number of carbonyl (C=O) groups excluding carboxylic acids is 1. The van der Waals surface area contributed by atoms with E-state index < -0.39 is 0 Å². The van der Waals surface area contributed by atoms with Gasteiger partial charge >= 0.3 is 0 Å². The Bertz CT molecular complexity index is 560. The van der Waals surface area contributed by atoms with Gasteiger partial charge < -0.3 is 10.6 Å². The molecule has 0 aliphatic rings. The van der Waals surface area contributed by atoms with Crippen LogP contribution in [0.4, 0.5) is 0 Å². The lowest BCUT2D eigenvalue weighted by Crippen LogP contribution is -2.39. The summed E-state index contributed by atoms with van der Waals surface area (Å²) in [5, 5.41) is 2.07. The Morgan fingerprint density at radius 1 is 1.22 bits per heavy atom. The average Bonchev–Trinajstić information content (AvgIpc) is 2.44. The van der Waals surface area contributed by atoms with Crippen molar-refractivity contribution in [3.8, 4) is 0 Å². The van der Waals surface area contributed by atoms with Crippen molar-refractivity contribution in [3.63, 3.8) is 0 Å². The third kappa shape index (κ3) is 2.22. The summed E-state index contributed by atoms with van der Waals surface area (Å²) in [5.41, 5.74) is 6.34. The topological polar surface area (TPSA) is 46.3 Å². The van der Waals surface area contributed by atoms with E-state index in [2.05, 4.69) is 0 Å². The summed E-state index contributed by atoms with van der Waals surface area (Å²) in [6, 6.07) is 13.7. The molecule has 1 atom stereocenters. The lowest BCUT2D eigenvalue weighted by atomic mass is 10.0. The summed E-state index contributed by atoms with van der Waals surface area (Å²) in [7, 11) is 1.79. The number of rotatable bonds is 3. The minimum atomic E-state index is 0.0183. The molecule has 3 nitrogen and oxygen atoms in total. The minimum Gasteiger partial charge on any atom is -0.338 e.